The van der Waals surface area contributed by atoms with Crippen LogP contribution in [0.25, 0.3) is 0 Å². The van der Waals surface area contributed by atoms with Crippen molar-refractivity contribution in [3.63, 3.8) is 0 Å². The second-order valence-corrected chi connectivity index (χ2v) is 6.48. The maximum absolute atomic E-state index is 13.5. The molecule has 1 aromatic heterocycles. The third-order valence-electron chi connectivity index (χ3n) is 2.33. The van der Waals surface area contributed by atoms with Gasteiger partial charge in [0, 0.05) is 11.4 Å². The smallest absolute Gasteiger partial charge is 0.256 e. The molecule has 0 saturated heterocycles. The van der Waals surface area contributed by atoms with Crippen molar-refractivity contribution in [2.75, 3.05) is 5.32 Å². The lowest BCUT2D eigenvalue weighted by molar-refractivity contribution is 0.102. The molecule has 18 heavy (non-hydrogen) atoms. The second kappa shape index (κ2) is 5.31. The summed E-state index contributed by atoms with van der Waals surface area (Å²) in [6.45, 7) is 1.46. The van der Waals surface area contributed by atoms with Crippen LogP contribution in [0.15, 0.2) is 23.6 Å². The van der Waals surface area contributed by atoms with Crippen LogP contribution in [0.3, 0.4) is 0 Å². The summed E-state index contributed by atoms with van der Waals surface area (Å²) in [4.78, 5) is 11.8. The molecule has 0 saturated carbocycles. The van der Waals surface area contributed by atoms with E-state index in [1.54, 1.807) is 11.4 Å². The van der Waals surface area contributed by atoms with Crippen molar-refractivity contribution in [1.29, 1.82) is 0 Å². The molecule has 2 aromatic rings. The molecule has 0 atom stereocenters. The number of carbonyl (C=O) groups is 1. The standard InChI is InChI=1S/C12H8F2INOS/c1-6-2-9(14)10(4-8(6)13)16-12(17)7-3-11(15)18-5-7/h2-5H,1H3,(H,16,17). The largest absolute Gasteiger partial charge is 0.319 e. The van der Waals surface area contributed by atoms with Gasteiger partial charge in [-0.05, 0) is 47.2 Å². The van der Waals surface area contributed by atoms with Crippen molar-refractivity contribution in [2.24, 2.45) is 0 Å². The summed E-state index contributed by atoms with van der Waals surface area (Å²) in [6, 6.07) is 3.73. The number of amides is 1. The molecule has 0 aliphatic carbocycles. The molecule has 0 unspecified atom stereocenters. The van der Waals surface area contributed by atoms with Gasteiger partial charge in [0.1, 0.15) is 11.6 Å². The number of thiophene rings is 1. The first-order valence-corrected chi connectivity index (χ1v) is 6.94. The Morgan fingerprint density at radius 1 is 1.28 bits per heavy atom. The average Bonchev–Trinajstić information content (AvgIpc) is 2.73. The predicted molar refractivity (Wildman–Crippen MR) is 76.1 cm³/mol. The minimum absolute atomic E-state index is 0.149. The Hall–Kier alpha value is -1.02. The third-order valence-corrected chi connectivity index (χ3v) is 4.12. The molecule has 6 heteroatoms. The number of nitrogens with one attached hydrogen (secondary N) is 1. The topological polar surface area (TPSA) is 29.1 Å². The number of hydrogen-bond donors (Lipinski definition) is 1. The normalized spacial score (nSPS) is 10.4. The SMILES string of the molecule is Cc1cc(F)c(NC(=O)c2csc(I)c2)cc1F. The molecule has 2 rings (SSSR count). The van der Waals surface area contributed by atoms with Crippen LogP contribution >= 0.6 is 33.9 Å². The number of hydrogen-bond acceptors (Lipinski definition) is 2. The number of carbonyl (C=O) groups excluding carboxylic acids is 1. The molecule has 0 radical (unpaired) electrons. The summed E-state index contributed by atoms with van der Waals surface area (Å²) >= 11 is 3.50. The summed E-state index contributed by atoms with van der Waals surface area (Å²) in [5, 5.41) is 4.02. The van der Waals surface area contributed by atoms with Gasteiger partial charge in [-0.3, -0.25) is 4.79 Å². The van der Waals surface area contributed by atoms with E-state index in [9.17, 15) is 13.6 Å². The molecule has 2 nitrogen and oxygen atoms in total. The quantitative estimate of drug-likeness (QED) is 0.779. The number of halogens is 3. The van der Waals surface area contributed by atoms with Gasteiger partial charge in [0.15, 0.2) is 0 Å². The van der Waals surface area contributed by atoms with Gasteiger partial charge in [-0.2, -0.15) is 0 Å². The van der Waals surface area contributed by atoms with E-state index in [4.69, 9.17) is 0 Å². The van der Waals surface area contributed by atoms with Crippen LogP contribution < -0.4 is 5.32 Å². The summed E-state index contributed by atoms with van der Waals surface area (Å²) in [7, 11) is 0. The molecule has 94 valence electrons. The van der Waals surface area contributed by atoms with Crippen LogP contribution in [0.1, 0.15) is 15.9 Å². The number of rotatable bonds is 2. The van der Waals surface area contributed by atoms with Crippen molar-refractivity contribution < 1.29 is 13.6 Å². The number of anilines is 1. The fourth-order valence-corrected chi connectivity index (χ4v) is 2.69. The van der Waals surface area contributed by atoms with E-state index in [0.717, 1.165) is 15.0 Å². The van der Waals surface area contributed by atoms with Gasteiger partial charge in [0.2, 0.25) is 0 Å². The van der Waals surface area contributed by atoms with E-state index in [1.165, 1.54) is 18.3 Å². The van der Waals surface area contributed by atoms with Gasteiger partial charge in [-0.25, -0.2) is 8.78 Å². The van der Waals surface area contributed by atoms with Crippen molar-refractivity contribution in [2.45, 2.75) is 6.92 Å². The Kier molecular flexibility index (Phi) is 3.96. The van der Waals surface area contributed by atoms with E-state index in [1.807, 2.05) is 0 Å². The third kappa shape index (κ3) is 2.86. The van der Waals surface area contributed by atoms with Crippen LogP contribution in [0.4, 0.5) is 14.5 Å². The first-order valence-electron chi connectivity index (χ1n) is 4.98. The van der Waals surface area contributed by atoms with Crippen LogP contribution in [-0.4, -0.2) is 5.91 Å². The van der Waals surface area contributed by atoms with E-state index in [2.05, 4.69) is 27.9 Å². The van der Waals surface area contributed by atoms with Gasteiger partial charge in [-0.1, -0.05) is 0 Å². The summed E-state index contributed by atoms with van der Waals surface area (Å²) < 4.78 is 27.8. The molecule has 0 aliphatic rings. The molecule has 1 heterocycles. The lowest BCUT2D eigenvalue weighted by Gasteiger charge is -2.06. The zero-order chi connectivity index (χ0) is 13.3. The second-order valence-electron chi connectivity index (χ2n) is 3.67. The van der Waals surface area contributed by atoms with Crippen LogP contribution in [0.2, 0.25) is 0 Å². The van der Waals surface area contributed by atoms with Crippen LogP contribution in [0.5, 0.6) is 0 Å². The Bertz CT molecular complexity index is 612. The van der Waals surface area contributed by atoms with Crippen molar-refractivity contribution in [3.05, 3.63) is 49.2 Å². The molecule has 1 aromatic carbocycles. The van der Waals surface area contributed by atoms with Crippen LogP contribution in [-0.2, 0) is 0 Å². The van der Waals surface area contributed by atoms with Gasteiger partial charge in [0.25, 0.3) is 5.91 Å². The molecule has 0 bridgehead atoms. The predicted octanol–water partition coefficient (Wildman–Crippen LogP) is 4.19. The first kappa shape index (κ1) is 13.4. The fourth-order valence-electron chi connectivity index (χ4n) is 1.37. The molecular weight excluding hydrogens is 371 g/mol. The summed E-state index contributed by atoms with van der Waals surface area (Å²) in [5.74, 6) is -1.64. The molecule has 0 spiro atoms. The van der Waals surface area contributed by atoms with Gasteiger partial charge in [0.05, 0.1) is 14.1 Å². The molecule has 1 N–H and O–H groups in total. The van der Waals surface area contributed by atoms with Crippen LogP contribution in [0, 0.1) is 21.4 Å². The maximum atomic E-state index is 13.5. The van der Waals surface area contributed by atoms with Gasteiger partial charge < -0.3 is 5.32 Å². The zero-order valence-corrected chi connectivity index (χ0v) is 12.2. The highest BCUT2D eigenvalue weighted by atomic mass is 127. The number of benzene rings is 1. The maximum Gasteiger partial charge on any atom is 0.256 e. The minimum atomic E-state index is -0.646. The van der Waals surface area contributed by atoms with Crippen molar-refractivity contribution in [1.82, 2.24) is 0 Å². The Balaban J connectivity index is 2.24. The van der Waals surface area contributed by atoms with Gasteiger partial charge in [-0.15, -0.1) is 11.3 Å². The fraction of sp³-hybridized carbons (Fsp3) is 0.0833. The lowest BCUT2D eigenvalue weighted by atomic mass is 10.2. The van der Waals surface area contributed by atoms with E-state index >= 15 is 0 Å². The first-order chi connectivity index (χ1) is 8.47. The molecule has 0 fully saturated rings. The van der Waals surface area contributed by atoms with E-state index < -0.39 is 17.5 Å². The zero-order valence-electron chi connectivity index (χ0n) is 9.26. The van der Waals surface area contributed by atoms with Crippen molar-refractivity contribution >= 4 is 45.5 Å². The molecule has 1 amide bonds. The highest BCUT2D eigenvalue weighted by Crippen LogP contribution is 2.21. The van der Waals surface area contributed by atoms with Crippen molar-refractivity contribution in [3.8, 4) is 0 Å². The highest BCUT2D eigenvalue weighted by Gasteiger charge is 2.13. The van der Waals surface area contributed by atoms with E-state index in [0.29, 0.717) is 5.56 Å². The average molecular weight is 379 g/mol. The molecular formula is C12H8F2INOS. The Labute approximate surface area is 120 Å². The summed E-state index contributed by atoms with van der Waals surface area (Å²) in [6.07, 6.45) is 0. The number of aryl methyl sites for hydroxylation is 1. The Morgan fingerprint density at radius 2 is 2.00 bits per heavy atom. The highest BCUT2D eigenvalue weighted by molar-refractivity contribution is 14.1. The van der Waals surface area contributed by atoms with Gasteiger partial charge >= 0.3 is 0 Å². The van der Waals surface area contributed by atoms with E-state index in [-0.39, 0.29) is 11.3 Å². The summed E-state index contributed by atoms with van der Waals surface area (Å²) in [5.41, 5.74) is 0.490. The monoisotopic (exact) mass is 379 g/mol. The molecule has 0 aliphatic heterocycles. The minimum Gasteiger partial charge on any atom is -0.319 e. The lowest BCUT2D eigenvalue weighted by Crippen LogP contribution is -2.12. The Morgan fingerprint density at radius 3 is 2.61 bits per heavy atom.